The van der Waals surface area contributed by atoms with Crippen LogP contribution in [0.4, 0.5) is 14.5 Å². The van der Waals surface area contributed by atoms with Gasteiger partial charge in [0.25, 0.3) is 5.91 Å². The Balaban J connectivity index is 1.41. The number of methoxy groups -OCH3 is 1. The van der Waals surface area contributed by atoms with E-state index in [1.54, 1.807) is 26.0 Å². The molecule has 0 aliphatic heterocycles. The van der Waals surface area contributed by atoms with Gasteiger partial charge in [0.05, 0.1) is 47.7 Å². The highest BCUT2D eigenvalue weighted by molar-refractivity contribution is 6.08. The number of benzene rings is 1. The summed E-state index contributed by atoms with van der Waals surface area (Å²) in [5.41, 5.74) is 2.02. The first-order valence-corrected chi connectivity index (χ1v) is 11.6. The second-order valence-electron chi connectivity index (χ2n) is 8.50. The molecule has 5 rings (SSSR count). The molecule has 9 nitrogen and oxygen atoms in total. The van der Waals surface area contributed by atoms with E-state index in [2.05, 4.69) is 25.3 Å². The Kier molecular flexibility index (Phi) is 6.72. The normalized spacial score (nSPS) is 10.9. The van der Waals surface area contributed by atoms with Crippen LogP contribution in [-0.4, -0.2) is 38.1 Å². The summed E-state index contributed by atoms with van der Waals surface area (Å²) in [6, 6.07) is 9.70. The summed E-state index contributed by atoms with van der Waals surface area (Å²) in [5, 5.41) is 13.5. The number of halogens is 2. The number of carbonyl (C=O) groups is 1. The average molecular weight is 530 g/mol. The SMILES string of the molecule is COc1cnc2c(Oc3ccc(NC(=O)c4c(C)nc(C)c(-c5ccc(F)cn5)c4O)cc3F)ccnc2c1. The zero-order chi connectivity index (χ0) is 27.7. The van der Waals surface area contributed by atoms with E-state index in [0.717, 1.165) is 12.3 Å². The predicted molar refractivity (Wildman–Crippen MR) is 139 cm³/mol. The highest BCUT2D eigenvalue weighted by atomic mass is 19.1. The first kappa shape index (κ1) is 25.5. The molecule has 39 heavy (non-hydrogen) atoms. The molecule has 0 spiro atoms. The molecule has 2 N–H and O–H groups in total. The van der Waals surface area contributed by atoms with Crippen LogP contribution in [0.15, 0.2) is 61.1 Å². The Morgan fingerprint density at radius 3 is 2.49 bits per heavy atom. The lowest BCUT2D eigenvalue weighted by molar-refractivity contribution is 0.102. The highest BCUT2D eigenvalue weighted by Crippen LogP contribution is 2.36. The third kappa shape index (κ3) is 5.01. The number of carbonyl (C=O) groups excluding carboxylic acids is 1. The molecule has 0 aliphatic carbocycles. The van der Waals surface area contributed by atoms with Crippen LogP contribution in [0.3, 0.4) is 0 Å². The van der Waals surface area contributed by atoms with E-state index in [1.807, 2.05) is 0 Å². The van der Waals surface area contributed by atoms with Crippen LogP contribution in [0.5, 0.6) is 23.0 Å². The summed E-state index contributed by atoms with van der Waals surface area (Å²) < 4.78 is 39.3. The van der Waals surface area contributed by atoms with Crippen molar-refractivity contribution in [2.45, 2.75) is 13.8 Å². The van der Waals surface area contributed by atoms with Crippen LogP contribution < -0.4 is 14.8 Å². The van der Waals surface area contributed by atoms with Gasteiger partial charge < -0.3 is 19.9 Å². The van der Waals surface area contributed by atoms with Crippen molar-refractivity contribution >= 4 is 22.6 Å². The van der Waals surface area contributed by atoms with E-state index in [9.17, 15) is 14.3 Å². The minimum absolute atomic E-state index is 0.0983. The number of nitrogens with zero attached hydrogens (tertiary/aromatic N) is 4. The van der Waals surface area contributed by atoms with Crippen molar-refractivity contribution in [3.05, 3.63) is 89.6 Å². The maximum atomic E-state index is 15.0. The minimum atomic E-state index is -0.745. The maximum Gasteiger partial charge on any atom is 0.261 e. The quantitative estimate of drug-likeness (QED) is 0.286. The lowest BCUT2D eigenvalue weighted by Gasteiger charge is -2.15. The van der Waals surface area contributed by atoms with E-state index in [-0.39, 0.29) is 45.5 Å². The van der Waals surface area contributed by atoms with E-state index >= 15 is 4.39 Å². The number of aryl methyl sites for hydroxylation is 2. The summed E-state index contributed by atoms with van der Waals surface area (Å²) in [5.74, 6) is -1.67. The van der Waals surface area contributed by atoms with Crippen LogP contribution >= 0.6 is 0 Å². The molecule has 11 heteroatoms. The van der Waals surface area contributed by atoms with Crippen LogP contribution in [0.2, 0.25) is 0 Å². The van der Waals surface area contributed by atoms with Gasteiger partial charge in [-0.3, -0.25) is 19.7 Å². The molecule has 1 aromatic carbocycles. The number of ether oxygens (including phenoxy) is 2. The number of amides is 1. The van der Waals surface area contributed by atoms with Crippen LogP contribution in [-0.2, 0) is 0 Å². The third-order valence-corrected chi connectivity index (χ3v) is 5.90. The van der Waals surface area contributed by atoms with Gasteiger partial charge in [0.2, 0.25) is 0 Å². The van der Waals surface area contributed by atoms with Gasteiger partial charge in [-0.15, -0.1) is 0 Å². The number of anilines is 1. The number of aromatic nitrogens is 4. The highest BCUT2D eigenvalue weighted by Gasteiger charge is 2.23. The zero-order valence-corrected chi connectivity index (χ0v) is 21.0. The molecular weight excluding hydrogens is 508 g/mol. The van der Waals surface area contributed by atoms with E-state index < -0.39 is 17.5 Å². The maximum absolute atomic E-state index is 15.0. The topological polar surface area (TPSA) is 119 Å². The number of pyridine rings is 4. The van der Waals surface area contributed by atoms with Crippen molar-refractivity contribution < 1.29 is 28.2 Å². The Bertz CT molecular complexity index is 1730. The Hall–Kier alpha value is -5.19. The molecule has 1 amide bonds. The van der Waals surface area contributed by atoms with Crippen LogP contribution in [0, 0.1) is 25.5 Å². The largest absolute Gasteiger partial charge is 0.506 e. The van der Waals surface area contributed by atoms with Gasteiger partial charge in [-0.1, -0.05) is 0 Å². The number of aromatic hydroxyl groups is 1. The Labute approximate surface area is 221 Å². The van der Waals surface area contributed by atoms with Gasteiger partial charge in [0.1, 0.15) is 28.4 Å². The van der Waals surface area contributed by atoms with Gasteiger partial charge in [-0.25, -0.2) is 13.8 Å². The summed E-state index contributed by atoms with van der Waals surface area (Å²) in [7, 11) is 1.51. The van der Waals surface area contributed by atoms with Crippen molar-refractivity contribution in [3.63, 3.8) is 0 Å². The summed E-state index contributed by atoms with van der Waals surface area (Å²) in [6.45, 7) is 3.20. The number of hydrogen-bond acceptors (Lipinski definition) is 8. The Morgan fingerprint density at radius 1 is 0.949 bits per heavy atom. The molecule has 4 heterocycles. The van der Waals surface area contributed by atoms with E-state index in [0.29, 0.717) is 22.5 Å². The minimum Gasteiger partial charge on any atom is -0.506 e. The van der Waals surface area contributed by atoms with Crippen molar-refractivity contribution in [2.24, 2.45) is 0 Å². The zero-order valence-electron chi connectivity index (χ0n) is 21.0. The van der Waals surface area contributed by atoms with Crippen molar-refractivity contribution in [1.29, 1.82) is 0 Å². The number of nitrogens with one attached hydrogen (secondary N) is 1. The lowest BCUT2D eigenvalue weighted by atomic mass is 10.0. The summed E-state index contributed by atoms with van der Waals surface area (Å²) in [6.07, 6.45) is 4.01. The monoisotopic (exact) mass is 529 g/mol. The van der Waals surface area contributed by atoms with Crippen molar-refractivity contribution in [1.82, 2.24) is 19.9 Å². The molecule has 0 saturated carbocycles. The molecule has 196 valence electrons. The smallest absolute Gasteiger partial charge is 0.261 e. The molecule has 0 aliphatic rings. The summed E-state index contributed by atoms with van der Waals surface area (Å²) >= 11 is 0. The average Bonchev–Trinajstić information content (AvgIpc) is 2.90. The van der Waals surface area contributed by atoms with Crippen LogP contribution in [0.25, 0.3) is 22.3 Å². The fraction of sp³-hybridized carbons (Fsp3) is 0.107. The van der Waals surface area contributed by atoms with E-state index in [4.69, 9.17) is 9.47 Å². The fourth-order valence-electron chi connectivity index (χ4n) is 4.09. The van der Waals surface area contributed by atoms with Gasteiger partial charge in [-0.2, -0.15) is 0 Å². The van der Waals surface area contributed by atoms with Gasteiger partial charge in [0.15, 0.2) is 17.3 Å². The van der Waals surface area contributed by atoms with E-state index in [1.165, 1.54) is 43.8 Å². The first-order valence-electron chi connectivity index (χ1n) is 11.6. The molecule has 4 aromatic heterocycles. The van der Waals surface area contributed by atoms with Gasteiger partial charge in [0, 0.05) is 30.1 Å². The fourth-order valence-corrected chi connectivity index (χ4v) is 4.09. The molecule has 0 fully saturated rings. The summed E-state index contributed by atoms with van der Waals surface area (Å²) in [4.78, 5) is 30.0. The number of rotatable bonds is 6. The lowest BCUT2D eigenvalue weighted by Crippen LogP contribution is -2.16. The molecule has 5 aromatic rings. The molecule has 0 saturated heterocycles. The van der Waals surface area contributed by atoms with Crippen molar-refractivity contribution in [3.8, 4) is 34.3 Å². The van der Waals surface area contributed by atoms with Gasteiger partial charge >= 0.3 is 0 Å². The molecular formula is C28H21F2N5O4. The molecule has 0 bridgehead atoms. The second-order valence-corrected chi connectivity index (χ2v) is 8.50. The standard InChI is InChI=1S/C28H21F2N5O4/c1-14-24(20-6-4-16(29)12-32-20)27(36)25(15(2)34-14)28(37)35-17-5-7-22(19(30)10-17)39-23-8-9-31-21-11-18(38-3)13-33-26(21)23/h4-13H,1-3H3,(H,34,36)(H,35,37). The van der Waals surface area contributed by atoms with Gasteiger partial charge in [-0.05, 0) is 38.1 Å². The number of hydrogen-bond donors (Lipinski definition) is 2. The first-order chi connectivity index (χ1) is 18.7. The predicted octanol–water partition coefficient (Wildman–Crippen LogP) is 5.74. The Morgan fingerprint density at radius 2 is 1.77 bits per heavy atom. The molecule has 0 radical (unpaired) electrons. The second kappa shape index (κ2) is 10.3. The number of fused-ring (bicyclic) bond motifs is 1. The molecule has 0 unspecified atom stereocenters. The molecule has 0 atom stereocenters. The van der Waals surface area contributed by atoms with Crippen LogP contribution in [0.1, 0.15) is 21.7 Å². The van der Waals surface area contributed by atoms with Crippen molar-refractivity contribution in [2.75, 3.05) is 12.4 Å². The third-order valence-electron chi connectivity index (χ3n) is 5.90.